The zero-order valence-electron chi connectivity index (χ0n) is 14.7. The van der Waals surface area contributed by atoms with E-state index < -0.39 is 4.92 Å². The second-order valence-electron chi connectivity index (χ2n) is 6.35. The summed E-state index contributed by atoms with van der Waals surface area (Å²) >= 11 is 1.13. The van der Waals surface area contributed by atoms with E-state index in [1.807, 2.05) is 0 Å². The molecule has 0 saturated heterocycles. The summed E-state index contributed by atoms with van der Waals surface area (Å²) in [6.07, 6.45) is 4.92. The van der Waals surface area contributed by atoms with Gasteiger partial charge in [0.1, 0.15) is 6.33 Å². The van der Waals surface area contributed by atoms with Gasteiger partial charge in [-0.15, -0.1) is 22.6 Å². The van der Waals surface area contributed by atoms with Crippen LogP contribution in [-0.4, -0.2) is 37.7 Å². The van der Waals surface area contributed by atoms with Crippen molar-refractivity contribution in [1.82, 2.24) is 20.1 Å². The third-order valence-electron chi connectivity index (χ3n) is 4.40. The molecule has 2 aromatic rings. The number of aromatic nitrogens is 3. The molecule has 27 heavy (non-hydrogen) atoms. The molecular weight excluding hydrogens is 392 g/mol. The predicted octanol–water partition coefficient (Wildman–Crippen LogP) is 2.30. The van der Waals surface area contributed by atoms with Gasteiger partial charge in [-0.2, -0.15) is 0 Å². The number of halogens is 1. The third-order valence-corrected chi connectivity index (χ3v) is 5.51. The Morgan fingerprint density at radius 1 is 1.37 bits per heavy atom. The van der Waals surface area contributed by atoms with Gasteiger partial charge in [-0.1, -0.05) is 0 Å². The number of nitrogens with one attached hydrogen (secondary N) is 1. The molecule has 3 N–H and O–H groups in total. The number of nitro benzene ring substituents is 1. The molecule has 1 aliphatic carbocycles. The average Bonchev–Trinajstić information content (AvgIpc) is 3.02. The molecule has 0 aliphatic heterocycles. The number of rotatable bonds is 5. The van der Waals surface area contributed by atoms with E-state index in [1.54, 1.807) is 23.7 Å². The summed E-state index contributed by atoms with van der Waals surface area (Å²) in [6.45, 7) is 0. The standard InChI is InChI=1S/C16H20N6O3S.ClH/c1-21-9-18-20-16(21)26-14-7-2-10(8-13(14)22(24)25)15(23)19-12-5-3-11(17)4-6-12;/h2,7-9,11-12H,3-6,17H2,1H3,(H,19,23);1H. The number of hydrogen-bond donors (Lipinski definition) is 2. The van der Waals surface area contributed by atoms with E-state index in [-0.39, 0.29) is 41.6 Å². The highest BCUT2D eigenvalue weighted by atomic mass is 35.5. The molecule has 1 aliphatic rings. The van der Waals surface area contributed by atoms with Crippen LogP contribution in [0.25, 0.3) is 0 Å². The van der Waals surface area contributed by atoms with Gasteiger partial charge in [-0.25, -0.2) is 0 Å². The molecule has 0 bridgehead atoms. The SMILES string of the molecule is Cl.Cn1cnnc1Sc1ccc(C(=O)NC2CCC(N)CC2)cc1[N+](=O)[O-]. The molecule has 146 valence electrons. The molecule has 3 rings (SSSR count). The van der Waals surface area contributed by atoms with Crippen LogP contribution in [0.4, 0.5) is 5.69 Å². The maximum Gasteiger partial charge on any atom is 0.284 e. The Hall–Kier alpha value is -2.17. The lowest BCUT2D eigenvalue weighted by Gasteiger charge is -2.26. The van der Waals surface area contributed by atoms with Crippen molar-refractivity contribution >= 4 is 35.8 Å². The molecule has 0 radical (unpaired) electrons. The van der Waals surface area contributed by atoms with Crippen molar-refractivity contribution in [3.8, 4) is 0 Å². The summed E-state index contributed by atoms with van der Waals surface area (Å²) in [6, 6.07) is 4.73. The normalized spacial score (nSPS) is 19.2. The summed E-state index contributed by atoms with van der Waals surface area (Å²) in [5, 5.41) is 22.6. The topological polar surface area (TPSA) is 129 Å². The largest absolute Gasteiger partial charge is 0.349 e. The summed E-state index contributed by atoms with van der Waals surface area (Å²) < 4.78 is 1.67. The van der Waals surface area contributed by atoms with Crippen molar-refractivity contribution in [2.75, 3.05) is 0 Å². The van der Waals surface area contributed by atoms with E-state index in [9.17, 15) is 14.9 Å². The Morgan fingerprint density at radius 2 is 2.07 bits per heavy atom. The second kappa shape index (κ2) is 9.16. The Kier molecular flexibility index (Phi) is 7.17. The van der Waals surface area contributed by atoms with Crippen molar-refractivity contribution in [3.05, 3.63) is 40.2 Å². The number of carbonyl (C=O) groups is 1. The zero-order chi connectivity index (χ0) is 18.7. The van der Waals surface area contributed by atoms with Gasteiger partial charge in [-0.3, -0.25) is 14.9 Å². The minimum absolute atomic E-state index is 0. The van der Waals surface area contributed by atoms with Crippen LogP contribution >= 0.6 is 24.2 Å². The fraction of sp³-hybridized carbons (Fsp3) is 0.438. The smallest absolute Gasteiger partial charge is 0.284 e. The fourth-order valence-electron chi connectivity index (χ4n) is 2.88. The molecular formula is C16H21ClN6O3S. The number of nitrogens with zero attached hydrogens (tertiary/aromatic N) is 4. The Balaban J connectivity index is 0.00000261. The first-order valence-corrected chi connectivity index (χ1v) is 9.12. The molecule has 1 aromatic heterocycles. The predicted molar refractivity (Wildman–Crippen MR) is 103 cm³/mol. The molecule has 1 heterocycles. The first-order valence-electron chi connectivity index (χ1n) is 8.30. The van der Waals surface area contributed by atoms with E-state index in [4.69, 9.17) is 5.73 Å². The first-order chi connectivity index (χ1) is 12.4. The van der Waals surface area contributed by atoms with Gasteiger partial charge in [0.25, 0.3) is 11.6 Å². The number of nitrogens with two attached hydrogens (primary N) is 1. The molecule has 1 amide bonds. The van der Waals surface area contributed by atoms with Gasteiger partial charge < -0.3 is 15.6 Å². The molecule has 0 spiro atoms. The van der Waals surface area contributed by atoms with Crippen LogP contribution < -0.4 is 11.1 Å². The Morgan fingerprint density at radius 3 is 2.67 bits per heavy atom. The maximum absolute atomic E-state index is 12.5. The van der Waals surface area contributed by atoms with Crippen molar-refractivity contribution in [2.45, 2.75) is 47.8 Å². The molecule has 0 atom stereocenters. The minimum Gasteiger partial charge on any atom is -0.349 e. The van der Waals surface area contributed by atoms with Crippen LogP contribution in [0.3, 0.4) is 0 Å². The number of hydrogen-bond acceptors (Lipinski definition) is 7. The number of nitro groups is 1. The van der Waals surface area contributed by atoms with Crippen LogP contribution in [0.2, 0.25) is 0 Å². The van der Waals surface area contributed by atoms with E-state index in [2.05, 4.69) is 15.5 Å². The molecule has 0 unspecified atom stereocenters. The van der Waals surface area contributed by atoms with E-state index in [0.717, 1.165) is 37.4 Å². The molecule has 11 heteroatoms. The number of carbonyl (C=O) groups excluding carboxylic acids is 1. The van der Waals surface area contributed by atoms with E-state index >= 15 is 0 Å². The van der Waals surface area contributed by atoms with Crippen LogP contribution in [0.5, 0.6) is 0 Å². The quantitative estimate of drug-likeness (QED) is 0.569. The van der Waals surface area contributed by atoms with Crippen LogP contribution in [-0.2, 0) is 7.05 Å². The number of aryl methyl sites for hydroxylation is 1. The zero-order valence-corrected chi connectivity index (χ0v) is 16.3. The first kappa shape index (κ1) is 21.1. The number of benzene rings is 1. The molecule has 1 aromatic carbocycles. The minimum atomic E-state index is -0.491. The van der Waals surface area contributed by atoms with Crippen molar-refractivity contribution in [2.24, 2.45) is 12.8 Å². The van der Waals surface area contributed by atoms with Gasteiger partial charge >= 0.3 is 0 Å². The van der Waals surface area contributed by atoms with Gasteiger partial charge in [0.05, 0.1) is 9.82 Å². The lowest BCUT2D eigenvalue weighted by atomic mass is 9.91. The summed E-state index contributed by atoms with van der Waals surface area (Å²) in [5.41, 5.74) is 6.02. The van der Waals surface area contributed by atoms with Crippen LogP contribution in [0.1, 0.15) is 36.0 Å². The van der Waals surface area contributed by atoms with Crippen molar-refractivity contribution < 1.29 is 9.72 Å². The van der Waals surface area contributed by atoms with Crippen molar-refractivity contribution in [3.63, 3.8) is 0 Å². The highest BCUT2D eigenvalue weighted by Crippen LogP contribution is 2.34. The van der Waals surface area contributed by atoms with Crippen LogP contribution in [0.15, 0.2) is 34.6 Å². The van der Waals surface area contributed by atoms with E-state index in [1.165, 1.54) is 12.4 Å². The molecule has 9 nitrogen and oxygen atoms in total. The summed E-state index contributed by atoms with van der Waals surface area (Å²) in [4.78, 5) is 23.8. The van der Waals surface area contributed by atoms with Gasteiger partial charge in [0.15, 0.2) is 5.16 Å². The second-order valence-corrected chi connectivity index (χ2v) is 7.36. The van der Waals surface area contributed by atoms with E-state index in [0.29, 0.717) is 10.1 Å². The average molecular weight is 413 g/mol. The molecule has 1 fully saturated rings. The van der Waals surface area contributed by atoms with Crippen LogP contribution in [0, 0.1) is 10.1 Å². The maximum atomic E-state index is 12.5. The summed E-state index contributed by atoms with van der Waals surface area (Å²) in [7, 11) is 1.76. The lowest BCUT2D eigenvalue weighted by Crippen LogP contribution is -2.40. The van der Waals surface area contributed by atoms with Gasteiger partial charge in [0, 0.05) is 30.8 Å². The highest BCUT2D eigenvalue weighted by molar-refractivity contribution is 7.99. The monoisotopic (exact) mass is 412 g/mol. The highest BCUT2D eigenvalue weighted by Gasteiger charge is 2.23. The number of amides is 1. The van der Waals surface area contributed by atoms with Crippen molar-refractivity contribution in [1.29, 1.82) is 0 Å². The van der Waals surface area contributed by atoms with Gasteiger partial charge in [-0.05, 0) is 49.6 Å². The Bertz CT molecular complexity index is 822. The summed E-state index contributed by atoms with van der Waals surface area (Å²) in [5.74, 6) is -0.302. The van der Waals surface area contributed by atoms with Gasteiger partial charge in [0.2, 0.25) is 0 Å². The lowest BCUT2D eigenvalue weighted by molar-refractivity contribution is -0.387. The molecule has 1 saturated carbocycles. The fourth-order valence-corrected chi connectivity index (χ4v) is 3.73. The third kappa shape index (κ3) is 5.18. The Labute approximate surface area is 166 Å².